The minimum atomic E-state index is -1.48. The van der Waals surface area contributed by atoms with Crippen LogP contribution in [0.15, 0.2) is 47.6 Å². The van der Waals surface area contributed by atoms with E-state index in [1.807, 2.05) is 6.07 Å². The number of amides is 2. The fraction of sp³-hybridized carbons (Fsp3) is 0.182. The summed E-state index contributed by atoms with van der Waals surface area (Å²) in [5, 5.41) is 34.0. The highest BCUT2D eigenvalue weighted by atomic mass is 19.1. The van der Waals surface area contributed by atoms with E-state index in [0.717, 1.165) is 18.2 Å². The van der Waals surface area contributed by atoms with Crippen molar-refractivity contribution in [1.82, 2.24) is 5.32 Å². The van der Waals surface area contributed by atoms with Gasteiger partial charge in [-0.2, -0.15) is 20.8 Å². The second-order valence-corrected chi connectivity index (χ2v) is 6.55. The van der Waals surface area contributed by atoms with Gasteiger partial charge in [0.15, 0.2) is 0 Å². The third-order valence-electron chi connectivity index (χ3n) is 4.49. The Hall–Kier alpha value is -4.82. The number of nitriles is 3. The molecule has 0 radical (unpaired) electrons. The highest BCUT2D eigenvalue weighted by Crippen LogP contribution is 2.34. The van der Waals surface area contributed by atoms with Crippen molar-refractivity contribution in [1.29, 1.82) is 15.8 Å². The van der Waals surface area contributed by atoms with Gasteiger partial charge >= 0.3 is 6.09 Å². The second kappa shape index (κ2) is 10.5. The number of alkyl carbamates (subject to hydrolysis) is 1. The third-order valence-corrected chi connectivity index (χ3v) is 4.49. The SMILES string of the molecule is CCOC(=O)NC(=O)/C(C#N)=N/N(C#N)c1ccc(C(C)(C#N)c2ccc(F)cc2)c(F)c1. The van der Waals surface area contributed by atoms with Gasteiger partial charge in [0, 0.05) is 11.6 Å². The fourth-order valence-electron chi connectivity index (χ4n) is 2.78. The average Bonchev–Trinajstić information content (AvgIpc) is 2.79. The maximum absolute atomic E-state index is 15.0. The third kappa shape index (κ3) is 5.46. The van der Waals surface area contributed by atoms with Gasteiger partial charge in [-0.3, -0.25) is 10.1 Å². The Labute approximate surface area is 187 Å². The first-order chi connectivity index (χ1) is 15.7. The minimum absolute atomic E-state index is 0.0202. The second-order valence-electron chi connectivity index (χ2n) is 6.55. The van der Waals surface area contributed by atoms with Crippen LogP contribution in [0.25, 0.3) is 0 Å². The molecule has 0 aliphatic carbocycles. The van der Waals surface area contributed by atoms with E-state index in [-0.39, 0.29) is 17.9 Å². The number of nitrogens with one attached hydrogen (secondary N) is 1. The molecule has 0 saturated heterocycles. The van der Waals surface area contributed by atoms with Crippen molar-refractivity contribution >= 4 is 23.4 Å². The van der Waals surface area contributed by atoms with Crippen molar-refractivity contribution < 1.29 is 23.1 Å². The Morgan fingerprint density at radius 3 is 2.33 bits per heavy atom. The summed E-state index contributed by atoms with van der Waals surface area (Å²) in [6, 6.07) is 11.8. The highest BCUT2D eigenvalue weighted by molar-refractivity contribution is 6.47. The quantitative estimate of drug-likeness (QED) is 0.308. The molecular weight excluding hydrogens is 434 g/mol. The average molecular weight is 450 g/mol. The van der Waals surface area contributed by atoms with Crippen molar-refractivity contribution in [3.8, 4) is 18.3 Å². The van der Waals surface area contributed by atoms with Gasteiger partial charge in [0.1, 0.15) is 23.1 Å². The first kappa shape index (κ1) is 24.4. The number of imide groups is 1. The Morgan fingerprint density at radius 2 is 1.82 bits per heavy atom. The van der Waals surface area contributed by atoms with Crippen molar-refractivity contribution in [2.45, 2.75) is 19.3 Å². The lowest BCUT2D eigenvalue weighted by molar-refractivity contribution is -0.114. The molecule has 1 N–H and O–H groups in total. The molecular formula is C22H16F2N6O3. The lowest BCUT2D eigenvalue weighted by atomic mass is 9.77. The van der Waals surface area contributed by atoms with Crippen molar-refractivity contribution in [3.05, 3.63) is 65.2 Å². The molecule has 0 fully saturated rings. The largest absolute Gasteiger partial charge is 0.450 e. The summed E-state index contributed by atoms with van der Waals surface area (Å²) in [5.41, 5.74) is -2.20. The van der Waals surface area contributed by atoms with Gasteiger partial charge in [-0.15, -0.1) is 5.10 Å². The van der Waals surface area contributed by atoms with E-state index in [1.54, 1.807) is 11.5 Å². The molecule has 0 spiro atoms. The van der Waals surface area contributed by atoms with E-state index in [2.05, 4.69) is 9.84 Å². The van der Waals surface area contributed by atoms with Gasteiger partial charge in [0.25, 0.3) is 5.91 Å². The molecule has 0 aromatic heterocycles. The summed E-state index contributed by atoms with van der Waals surface area (Å²) < 4.78 is 32.8. The Morgan fingerprint density at radius 1 is 1.15 bits per heavy atom. The standard InChI is InChI=1S/C22H16F2N6O3/c1-3-33-21(32)28-20(31)19(11-25)29-30(13-27)16-8-9-17(18(24)10-16)22(2,12-26)14-4-6-15(23)7-5-14/h4-10H,3H2,1-2H3,(H,28,31,32)/b29-19+. The molecule has 0 aliphatic heterocycles. The predicted octanol–water partition coefficient (Wildman–Crippen LogP) is 3.23. The van der Waals surface area contributed by atoms with Gasteiger partial charge in [0.2, 0.25) is 11.9 Å². The normalized spacial score (nSPS) is 12.3. The fourth-order valence-corrected chi connectivity index (χ4v) is 2.78. The van der Waals surface area contributed by atoms with Crippen molar-refractivity contribution in [2.24, 2.45) is 5.10 Å². The van der Waals surface area contributed by atoms with Crippen molar-refractivity contribution in [3.63, 3.8) is 0 Å². The first-order valence-electron chi connectivity index (χ1n) is 9.34. The van der Waals surface area contributed by atoms with Crippen LogP contribution in [0.3, 0.4) is 0 Å². The number of hydrogen-bond donors (Lipinski definition) is 1. The molecule has 2 aromatic rings. The molecule has 0 saturated carbocycles. The molecule has 2 aromatic carbocycles. The number of hydrazone groups is 1. The zero-order chi connectivity index (χ0) is 24.6. The van der Waals surface area contributed by atoms with Gasteiger partial charge < -0.3 is 4.74 Å². The Balaban J connectivity index is 2.41. The smallest absolute Gasteiger partial charge is 0.414 e. The van der Waals surface area contributed by atoms with Crippen LogP contribution in [0.2, 0.25) is 0 Å². The summed E-state index contributed by atoms with van der Waals surface area (Å²) in [5.74, 6) is -2.62. The van der Waals surface area contributed by atoms with Crippen LogP contribution < -0.4 is 10.3 Å². The van der Waals surface area contributed by atoms with Gasteiger partial charge in [-0.1, -0.05) is 18.2 Å². The zero-order valence-electron chi connectivity index (χ0n) is 17.5. The Bertz CT molecular complexity index is 1220. The molecule has 0 bridgehead atoms. The van der Waals surface area contributed by atoms with E-state index in [0.29, 0.717) is 10.6 Å². The van der Waals surface area contributed by atoms with Gasteiger partial charge in [0.05, 0.1) is 18.4 Å². The maximum atomic E-state index is 15.0. The predicted molar refractivity (Wildman–Crippen MR) is 111 cm³/mol. The summed E-state index contributed by atoms with van der Waals surface area (Å²) in [6.07, 6.45) is 0.469. The highest BCUT2D eigenvalue weighted by Gasteiger charge is 2.32. The molecule has 9 nitrogen and oxygen atoms in total. The van der Waals surface area contributed by atoms with Gasteiger partial charge in [-0.05, 0) is 37.6 Å². The topological polar surface area (TPSA) is 142 Å². The molecule has 1 atom stereocenters. The molecule has 0 aliphatic rings. The number of rotatable bonds is 6. The molecule has 166 valence electrons. The zero-order valence-corrected chi connectivity index (χ0v) is 17.5. The maximum Gasteiger partial charge on any atom is 0.414 e. The van der Waals surface area contributed by atoms with Crippen LogP contribution in [0.1, 0.15) is 25.0 Å². The number of ether oxygens (including phenoxy) is 1. The van der Waals surface area contributed by atoms with Crippen LogP contribution in [0.4, 0.5) is 19.3 Å². The number of anilines is 1. The number of carbonyl (C=O) groups excluding carboxylic acids is 2. The Kier molecular flexibility index (Phi) is 7.76. The first-order valence-corrected chi connectivity index (χ1v) is 9.34. The molecule has 33 heavy (non-hydrogen) atoms. The summed E-state index contributed by atoms with van der Waals surface area (Å²) >= 11 is 0. The van der Waals surface area contributed by atoms with Crippen LogP contribution in [0, 0.1) is 45.8 Å². The van der Waals surface area contributed by atoms with E-state index >= 15 is 4.39 Å². The number of halogens is 2. The van der Waals surface area contributed by atoms with E-state index in [9.17, 15) is 24.5 Å². The van der Waals surface area contributed by atoms with Crippen molar-refractivity contribution in [2.75, 3.05) is 11.6 Å². The molecule has 11 heteroatoms. The number of benzene rings is 2. The van der Waals surface area contributed by atoms with Crippen LogP contribution in [-0.4, -0.2) is 24.3 Å². The van der Waals surface area contributed by atoms with E-state index < -0.39 is 34.8 Å². The number of carbonyl (C=O) groups is 2. The van der Waals surface area contributed by atoms with Crippen LogP contribution in [0.5, 0.6) is 0 Å². The number of nitrogens with zero attached hydrogens (tertiary/aromatic N) is 5. The molecule has 0 heterocycles. The molecule has 2 amide bonds. The number of hydrogen-bond acceptors (Lipinski definition) is 8. The summed E-state index contributed by atoms with van der Waals surface area (Å²) in [6.45, 7) is 2.94. The monoisotopic (exact) mass is 450 g/mol. The lowest BCUT2D eigenvalue weighted by Gasteiger charge is -2.24. The van der Waals surface area contributed by atoms with E-state index in [1.165, 1.54) is 44.2 Å². The lowest BCUT2D eigenvalue weighted by Crippen LogP contribution is -2.36. The van der Waals surface area contributed by atoms with E-state index in [4.69, 9.17) is 5.26 Å². The van der Waals surface area contributed by atoms with Crippen LogP contribution >= 0.6 is 0 Å². The minimum Gasteiger partial charge on any atom is -0.450 e. The van der Waals surface area contributed by atoms with Crippen LogP contribution in [-0.2, 0) is 14.9 Å². The summed E-state index contributed by atoms with van der Waals surface area (Å²) in [4.78, 5) is 23.3. The summed E-state index contributed by atoms with van der Waals surface area (Å²) in [7, 11) is 0. The molecule has 1 unspecified atom stereocenters. The van der Waals surface area contributed by atoms with Gasteiger partial charge in [-0.25, -0.2) is 13.6 Å². The molecule has 2 rings (SSSR count).